The van der Waals surface area contributed by atoms with Crippen molar-refractivity contribution in [3.05, 3.63) is 0 Å². The molecule has 1 saturated carbocycles. The quantitative estimate of drug-likeness (QED) is 0.500. The van der Waals surface area contributed by atoms with Gasteiger partial charge in [0.2, 0.25) is 0 Å². The molecule has 3 nitrogen and oxygen atoms in total. The highest BCUT2D eigenvalue weighted by Crippen LogP contribution is 2.27. The summed E-state index contributed by atoms with van der Waals surface area (Å²) >= 11 is 0. The van der Waals surface area contributed by atoms with E-state index in [0.29, 0.717) is 11.8 Å². The molecule has 0 aromatic rings. The standard InChI is InChI=1S/C12H25N3/c1-10(2)8-15(7-6-12(13)14)9-11-4-3-5-11/h10-11H,3-9H2,1-2H3,(H3,13,14). The fourth-order valence-corrected chi connectivity index (χ4v) is 2.09. The van der Waals surface area contributed by atoms with E-state index in [4.69, 9.17) is 11.1 Å². The topological polar surface area (TPSA) is 53.1 Å². The second-order valence-electron chi connectivity index (χ2n) is 5.23. The van der Waals surface area contributed by atoms with Gasteiger partial charge in [-0.05, 0) is 24.7 Å². The first-order valence-electron chi connectivity index (χ1n) is 6.13. The summed E-state index contributed by atoms with van der Waals surface area (Å²) in [6.07, 6.45) is 4.93. The van der Waals surface area contributed by atoms with Gasteiger partial charge >= 0.3 is 0 Å². The lowest BCUT2D eigenvalue weighted by molar-refractivity contribution is 0.167. The fourth-order valence-electron chi connectivity index (χ4n) is 2.09. The maximum absolute atomic E-state index is 7.26. The van der Waals surface area contributed by atoms with Crippen molar-refractivity contribution >= 4 is 5.84 Å². The van der Waals surface area contributed by atoms with Gasteiger partial charge in [-0.1, -0.05) is 20.3 Å². The van der Waals surface area contributed by atoms with Crippen LogP contribution in [0.1, 0.15) is 39.5 Å². The Hall–Kier alpha value is -0.570. The summed E-state index contributed by atoms with van der Waals surface area (Å²) in [6, 6.07) is 0. The molecular weight excluding hydrogens is 186 g/mol. The molecule has 15 heavy (non-hydrogen) atoms. The first-order chi connectivity index (χ1) is 7.08. The van der Waals surface area contributed by atoms with Crippen molar-refractivity contribution in [2.45, 2.75) is 39.5 Å². The van der Waals surface area contributed by atoms with Gasteiger partial charge in [-0.3, -0.25) is 5.41 Å². The Labute approximate surface area is 93.5 Å². The van der Waals surface area contributed by atoms with E-state index >= 15 is 0 Å². The molecule has 0 saturated heterocycles. The first kappa shape index (κ1) is 12.5. The van der Waals surface area contributed by atoms with E-state index in [9.17, 15) is 0 Å². The molecule has 0 aromatic carbocycles. The van der Waals surface area contributed by atoms with Crippen molar-refractivity contribution in [2.24, 2.45) is 17.6 Å². The van der Waals surface area contributed by atoms with Gasteiger partial charge in [0.1, 0.15) is 0 Å². The molecule has 0 amide bonds. The average molecular weight is 211 g/mol. The zero-order valence-corrected chi connectivity index (χ0v) is 10.1. The molecule has 0 spiro atoms. The van der Waals surface area contributed by atoms with E-state index in [0.717, 1.165) is 25.4 Å². The summed E-state index contributed by atoms with van der Waals surface area (Å²) in [5.74, 6) is 1.94. The molecule has 0 atom stereocenters. The van der Waals surface area contributed by atoms with Crippen molar-refractivity contribution < 1.29 is 0 Å². The molecule has 3 N–H and O–H groups in total. The Kier molecular flexibility index (Phi) is 5.09. The molecule has 0 aromatic heterocycles. The third-order valence-electron chi connectivity index (χ3n) is 3.06. The maximum atomic E-state index is 7.26. The Morgan fingerprint density at radius 3 is 2.53 bits per heavy atom. The molecule has 1 aliphatic rings. The van der Waals surface area contributed by atoms with Crippen LogP contribution in [0.3, 0.4) is 0 Å². The third-order valence-corrected chi connectivity index (χ3v) is 3.06. The predicted octanol–water partition coefficient (Wildman–Crippen LogP) is 2.07. The Morgan fingerprint density at radius 1 is 1.47 bits per heavy atom. The number of nitrogens with one attached hydrogen (secondary N) is 1. The molecule has 1 aliphatic carbocycles. The van der Waals surface area contributed by atoms with Gasteiger partial charge in [0, 0.05) is 26.1 Å². The van der Waals surface area contributed by atoms with E-state index in [1.54, 1.807) is 0 Å². The molecule has 0 unspecified atom stereocenters. The second kappa shape index (κ2) is 6.11. The van der Waals surface area contributed by atoms with Gasteiger partial charge < -0.3 is 10.6 Å². The minimum Gasteiger partial charge on any atom is -0.388 e. The van der Waals surface area contributed by atoms with Crippen LogP contribution in [0.4, 0.5) is 0 Å². The molecule has 0 aliphatic heterocycles. The lowest BCUT2D eigenvalue weighted by atomic mass is 9.85. The van der Waals surface area contributed by atoms with Crippen LogP contribution >= 0.6 is 0 Å². The van der Waals surface area contributed by atoms with Crippen LogP contribution in [0.5, 0.6) is 0 Å². The summed E-state index contributed by atoms with van der Waals surface area (Å²) in [4.78, 5) is 2.48. The maximum Gasteiger partial charge on any atom is 0.0918 e. The lowest BCUT2D eigenvalue weighted by Gasteiger charge is -2.33. The molecule has 1 rings (SSSR count). The monoisotopic (exact) mass is 211 g/mol. The highest BCUT2D eigenvalue weighted by Gasteiger charge is 2.20. The Bertz CT molecular complexity index is 197. The van der Waals surface area contributed by atoms with Crippen LogP contribution in [0, 0.1) is 17.2 Å². The van der Waals surface area contributed by atoms with E-state index in [2.05, 4.69) is 18.7 Å². The molecule has 1 fully saturated rings. The number of rotatable bonds is 7. The summed E-state index contributed by atoms with van der Waals surface area (Å²) in [5, 5.41) is 7.26. The van der Waals surface area contributed by atoms with Gasteiger partial charge in [-0.25, -0.2) is 0 Å². The fraction of sp³-hybridized carbons (Fsp3) is 0.917. The van der Waals surface area contributed by atoms with Crippen LogP contribution in [0.25, 0.3) is 0 Å². The summed E-state index contributed by atoms with van der Waals surface area (Å²) in [7, 11) is 0. The number of hydrogen-bond donors (Lipinski definition) is 2. The van der Waals surface area contributed by atoms with E-state index in [1.807, 2.05) is 0 Å². The second-order valence-corrected chi connectivity index (χ2v) is 5.23. The minimum atomic E-state index is 0.317. The van der Waals surface area contributed by atoms with Gasteiger partial charge in [0.25, 0.3) is 0 Å². The van der Waals surface area contributed by atoms with Crippen LogP contribution in [-0.2, 0) is 0 Å². The van der Waals surface area contributed by atoms with Gasteiger partial charge in [0.05, 0.1) is 5.84 Å². The van der Waals surface area contributed by atoms with Crippen molar-refractivity contribution in [3.8, 4) is 0 Å². The molecular formula is C12H25N3. The van der Waals surface area contributed by atoms with Crippen molar-refractivity contribution in [2.75, 3.05) is 19.6 Å². The van der Waals surface area contributed by atoms with E-state index in [-0.39, 0.29) is 0 Å². The highest BCUT2D eigenvalue weighted by molar-refractivity contribution is 5.76. The molecule has 88 valence electrons. The van der Waals surface area contributed by atoms with Gasteiger partial charge in [-0.2, -0.15) is 0 Å². The Morgan fingerprint density at radius 2 is 2.13 bits per heavy atom. The SMILES string of the molecule is CC(C)CN(CCC(=N)N)CC1CCC1. The van der Waals surface area contributed by atoms with Crippen LogP contribution in [0.15, 0.2) is 0 Å². The number of nitrogens with zero attached hydrogens (tertiary/aromatic N) is 1. The summed E-state index contributed by atoms with van der Waals surface area (Å²) < 4.78 is 0. The predicted molar refractivity (Wildman–Crippen MR) is 65.2 cm³/mol. The number of nitrogens with two attached hydrogens (primary N) is 1. The average Bonchev–Trinajstić information content (AvgIpc) is 2.05. The number of amidine groups is 1. The molecule has 0 heterocycles. The largest absolute Gasteiger partial charge is 0.388 e. The first-order valence-corrected chi connectivity index (χ1v) is 6.13. The van der Waals surface area contributed by atoms with Crippen molar-refractivity contribution in [3.63, 3.8) is 0 Å². The molecule has 0 bridgehead atoms. The zero-order valence-electron chi connectivity index (χ0n) is 10.1. The number of hydrogen-bond acceptors (Lipinski definition) is 2. The van der Waals surface area contributed by atoms with Crippen molar-refractivity contribution in [1.82, 2.24) is 4.90 Å². The van der Waals surface area contributed by atoms with Crippen LogP contribution < -0.4 is 5.73 Å². The summed E-state index contributed by atoms with van der Waals surface area (Å²) in [5.41, 5.74) is 5.41. The lowest BCUT2D eigenvalue weighted by Crippen LogP contribution is -2.37. The van der Waals surface area contributed by atoms with Gasteiger partial charge in [-0.15, -0.1) is 0 Å². The van der Waals surface area contributed by atoms with Gasteiger partial charge in [0.15, 0.2) is 0 Å². The zero-order chi connectivity index (χ0) is 11.3. The Balaban J connectivity index is 2.26. The van der Waals surface area contributed by atoms with Crippen molar-refractivity contribution in [1.29, 1.82) is 5.41 Å². The smallest absolute Gasteiger partial charge is 0.0918 e. The minimum absolute atomic E-state index is 0.317. The normalized spacial score (nSPS) is 17.1. The summed E-state index contributed by atoms with van der Waals surface area (Å²) in [6.45, 7) is 7.82. The molecule has 0 radical (unpaired) electrons. The van der Waals surface area contributed by atoms with E-state index < -0.39 is 0 Å². The third kappa shape index (κ3) is 5.17. The highest BCUT2D eigenvalue weighted by atomic mass is 15.1. The van der Waals surface area contributed by atoms with Crippen LogP contribution in [-0.4, -0.2) is 30.4 Å². The molecule has 3 heteroatoms. The van der Waals surface area contributed by atoms with E-state index in [1.165, 1.54) is 25.8 Å². The van der Waals surface area contributed by atoms with Crippen LogP contribution in [0.2, 0.25) is 0 Å².